The zero-order valence-electron chi connectivity index (χ0n) is 35.7. The molecule has 0 aliphatic carbocycles. The maximum atomic E-state index is 17.0. The van der Waals surface area contributed by atoms with E-state index in [1.165, 1.54) is 19.2 Å². The Hall–Kier alpha value is -4.07. The number of para-hydroxylation sites is 1. The molecule has 4 aliphatic heterocycles. The van der Waals surface area contributed by atoms with Gasteiger partial charge in [0.15, 0.2) is 17.7 Å². The van der Waals surface area contributed by atoms with Crippen molar-refractivity contribution in [3.63, 3.8) is 0 Å². The number of hydrogen-bond donors (Lipinski definition) is 1. The van der Waals surface area contributed by atoms with E-state index in [9.17, 15) is 23.9 Å². The monoisotopic (exact) mass is 824 g/mol. The van der Waals surface area contributed by atoms with Gasteiger partial charge in [-0.15, -0.1) is 0 Å². The van der Waals surface area contributed by atoms with Crippen LogP contribution in [0, 0.1) is 35.4 Å². The second kappa shape index (κ2) is 17.1. The van der Waals surface area contributed by atoms with Crippen molar-refractivity contribution < 1.29 is 52.0 Å². The first-order valence-corrected chi connectivity index (χ1v) is 20.5. The topological polar surface area (TPSA) is 149 Å². The summed E-state index contributed by atoms with van der Waals surface area (Å²) in [5, 5.41) is 12.2. The number of fused-ring (bicyclic) bond motifs is 2. The van der Waals surface area contributed by atoms with Crippen molar-refractivity contribution in [1.82, 2.24) is 14.8 Å². The highest BCUT2D eigenvalue weighted by atomic mass is 19.1. The van der Waals surface area contributed by atoms with E-state index in [0.717, 1.165) is 12.6 Å². The lowest BCUT2D eigenvalue weighted by Crippen LogP contribution is -2.61. The summed E-state index contributed by atoms with van der Waals surface area (Å²) < 4.78 is 62.8. The highest BCUT2D eigenvalue weighted by molar-refractivity contribution is 6.08. The van der Waals surface area contributed by atoms with Gasteiger partial charge in [-0.25, -0.2) is 18.4 Å². The van der Waals surface area contributed by atoms with Gasteiger partial charge < -0.3 is 33.7 Å². The molecule has 1 N–H and O–H groups in total. The van der Waals surface area contributed by atoms with Crippen LogP contribution >= 0.6 is 0 Å². The number of carbonyl (C=O) groups is 3. The van der Waals surface area contributed by atoms with Crippen LogP contribution in [0.25, 0.3) is 10.9 Å². The lowest BCUT2D eigenvalue weighted by Gasteiger charge is -2.47. The second-order valence-electron chi connectivity index (χ2n) is 17.4. The highest BCUT2D eigenvalue weighted by Gasteiger charge is 2.62. The zero-order valence-corrected chi connectivity index (χ0v) is 35.7. The summed E-state index contributed by atoms with van der Waals surface area (Å²) in [5.74, 6) is 0.838. The molecule has 1 aromatic heterocycles. The number of pyridine rings is 1. The second-order valence-corrected chi connectivity index (χ2v) is 17.4. The summed E-state index contributed by atoms with van der Waals surface area (Å²) in [6, 6.07) is 5.34. The molecule has 322 valence electrons. The van der Waals surface area contributed by atoms with Gasteiger partial charge in [-0.05, 0) is 79.1 Å². The molecule has 2 aromatic rings. The molecule has 0 saturated carbocycles. The van der Waals surface area contributed by atoms with Crippen molar-refractivity contribution in [2.45, 2.75) is 134 Å². The van der Waals surface area contributed by atoms with Gasteiger partial charge in [-0.2, -0.15) is 0 Å². The van der Waals surface area contributed by atoms with Crippen LogP contribution < -0.4 is 0 Å². The number of alkyl halides is 1. The van der Waals surface area contributed by atoms with Crippen molar-refractivity contribution in [3.8, 4) is 11.8 Å². The third-order valence-electron chi connectivity index (χ3n) is 12.8. The van der Waals surface area contributed by atoms with E-state index in [1.807, 2.05) is 39.8 Å². The predicted octanol–water partition coefficient (Wildman–Crippen LogP) is 5.28. The number of hydrogen-bond acceptors (Lipinski definition) is 12. The number of aliphatic hydroxyl groups is 1. The number of cyclic esters (lactones) is 1. The number of Topliss-reactive ketones (excluding diaryl/α,β-unsaturated/α-hetero) is 1. The van der Waals surface area contributed by atoms with Gasteiger partial charge in [0.25, 0.3) is 5.67 Å². The molecule has 1 aromatic carbocycles. The molecule has 6 rings (SSSR count). The maximum absolute atomic E-state index is 17.0. The first-order chi connectivity index (χ1) is 27.7. The van der Waals surface area contributed by atoms with Gasteiger partial charge >= 0.3 is 12.1 Å². The van der Waals surface area contributed by atoms with E-state index in [2.05, 4.69) is 16.8 Å². The number of likely N-dealkylation sites (N-methyl/N-ethyl adjacent to an activating group) is 1. The minimum absolute atomic E-state index is 0.148. The number of aromatic nitrogens is 1. The third-order valence-corrected chi connectivity index (χ3v) is 12.8. The van der Waals surface area contributed by atoms with Gasteiger partial charge in [-0.1, -0.05) is 51.7 Å². The molecule has 3 fully saturated rings. The number of aliphatic imine (C=N–C) groups is 1. The fourth-order valence-corrected chi connectivity index (χ4v) is 9.78. The Balaban J connectivity index is 1.45. The van der Waals surface area contributed by atoms with Gasteiger partial charge in [-0.3, -0.25) is 19.7 Å². The van der Waals surface area contributed by atoms with Crippen LogP contribution in [0.4, 0.5) is 13.6 Å². The van der Waals surface area contributed by atoms with Crippen LogP contribution in [0.5, 0.6) is 0 Å². The average Bonchev–Trinajstić information content (AvgIpc) is 3.30. The number of benzene rings is 1. The molecule has 0 unspecified atom stereocenters. The van der Waals surface area contributed by atoms with Crippen molar-refractivity contribution in [2.24, 2.45) is 22.7 Å². The largest absolute Gasteiger partial charge is 0.455 e. The Morgan fingerprint density at radius 1 is 1.10 bits per heavy atom. The molecular formula is C44H58F2N4O9. The van der Waals surface area contributed by atoms with E-state index in [1.54, 1.807) is 43.9 Å². The molecule has 0 spiro atoms. The highest BCUT2D eigenvalue weighted by Crippen LogP contribution is 2.44. The quantitative estimate of drug-likeness (QED) is 0.231. The molecule has 4 aliphatic rings. The molecule has 59 heavy (non-hydrogen) atoms. The van der Waals surface area contributed by atoms with Crippen molar-refractivity contribution in [3.05, 3.63) is 41.8 Å². The van der Waals surface area contributed by atoms with Gasteiger partial charge in [0.05, 0.1) is 30.4 Å². The van der Waals surface area contributed by atoms with E-state index >= 15 is 4.39 Å². The van der Waals surface area contributed by atoms with Crippen LogP contribution in [0.1, 0.15) is 80.2 Å². The Bertz CT molecular complexity index is 2020. The summed E-state index contributed by atoms with van der Waals surface area (Å²) >= 11 is 0. The Morgan fingerprint density at radius 3 is 2.53 bits per heavy atom. The first-order valence-electron chi connectivity index (χ1n) is 20.5. The fourth-order valence-electron chi connectivity index (χ4n) is 9.78. The summed E-state index contributed by atoms with van der Waals surface area (Å²) in [4.78, 5) is 54.6. The van der Waals surface area contributed by atoms with E-state index in [0.29, 0.717) is 17.4 Å². The number of carbonyl (C=O) groups excluding carboxylic acids is 3. The number of ketones is 1. The smallest absolute Gasteiger partial charge is 0.410 e. The van der Waals surface area contributed by atoms with Crippen molar-refractivity contribution in [1.29, 1.82) is 0 Å². The lowest BCUT2D eigenvalue weighted by atomic mass is 9.72. The number of rotatable bonds is 6. The molecular weight excluding hydrogens is 766 g/mol. The van der Waals surface area contributed by atoms with Crippen molar-refractivity contribution >= 4 is 34.5 Å². The lowest BCUT2D eigenvalue weighted by molar-refractivity contribution is -0.296. The van der Waals surface area contributed by atoms with Gasteiger partial charge in [0, 0.05) is 47.3 Å². The maximum Gasteiger partial charge on any atom is 0.410 e. The Kier molecular flexibility index (Phi) is 12.9. The molecule has 13 atom stereocenters. The van der Waals surface area contributed by atoms with Crippen LogP contribution in [0.3, 0.4) is 0 Å². The molecule has 13 nitrogen and oxygen atoms in total. The normalized spacial score (nSPS) is 38.2. The minimum atomic E-state index is -3.18. The number of esters is 1. The summed E-state index contributed by atoms with van der Waals surface area (Å²) in [5.41, 5.74) is -4.60. The summed E-state index contributed by atoms with van der Waals surface area (Å²) in [7, 11) is 3.67. The van der Waals surface area contributed by atoms with Crippen LogP contribution in [0.2, 0.25) is 0 Å². The molecule has 5 heterocycles. The number of halogens is 2. The number of amides is 1. The fraction of sp³-hybridized carbons (Fsp3) is 0.659. The average molecular weight is 825 g/mol. The standard InChI is InChI=1S/C44H58F2N4O9/c1-11-32-44(8)36-26(4)33(47-17-18-50(36)41(54)59-44)24(2)22-42(6,55-19-13-14-28-21-29-15-12-16-30(45)34(29)48-23-28)38(27(5)37(52)43(7,46)40(53)57-32)58-39-35(51)31(49(9)10)20-25(3)56-39/h12,15-16,21,23-27,31-32,35-36,38-39,51H,11,17-20,22H2,1-10H3/t24-,25-,26+,27+,31+,32-,35-,36+,38-,39+,42+,43+,44-/m1/s1. The number of aliphatic hydroxyl groups excluding tert-OH is 1. The Morgan fingerprint density at radius 2 is 1.83 bits per heavy atom. The molecule has 2 bridgehead atoms. The number of ether oxygens (including phenoxy) is 5. The van der Waals surface area contributed by atoms with Crippen LogP contribution in [0.15, 0.2) is 35.5 Å². The SMILES string of the molecule is CC[C@H]1OC(=O)[C@@](C)(F)C(=O)[C@H](C)[C@@H](O[C@@H]2O[C@H](C)C[C@H](N(C)C)[C@H]2O)[C@@](C)(OCC#Cc2cnc3c(F)cccc3c2)C[C@@H](C)C2=NCCN3C(=O)O[C@@]1(C)[C@@H]3[C@H]2C. The minimum Gasteiger partial charge on any atom is -0.455 e. The predicted molar refractivity (Wildman–Crippen MR) is 215 cm³/mol. The number of nitrogens with zero attached hydrogens (tertiary/aromatic N) is 4. The van der Waals surface area contributed by atoms with Gasteiger partial charge in [0.1, 0.15) is 30.1 Å². The van der Waals surface area contributed by atoms with Crippen LogP contribution in [-0.4, -0.2) is 137 Å². The Labute approximate surface area is 345 Å². The molecule has 15 heteroatoms. The first kappa shape index (κ1) is 44.5. The molecule has 3 saturated heterocycles. The molecule has 1 amide bonds. The van der Waals surface area contributed by atoms with E-state index < -0.39 is 83.0 Å². The van der Waals surface area contributed by atoms with E-state index in [-0.39, 0.29) is 56.1 Å². The molecule has 0 radical (unpaired) electrons. The summed E-state index contributed by atoms with van der Waals surface area (Å²) in [6.45, 7) is 13.6. The van der Waals surface area contributed by atoms with Crippen LogP contribution in [-0.2, 0) is 33.3 Å². The van der Waals surface area contributed by atoms with Crippen molar-refractivity contribution in [2.75, 3.05) is 33.8 Å². The third kappa shape index (κ3) is 8.48. The summed E-state index contributed by atoms with van der Waals surface area (Å²) in [6.07, 6.45) is -3.55. The van der Waals surface area contributed by atoms with Gasteiger partial charge in [0.2, 0.25) is 0 Å². The van der Waals surface area contributed by atoms with E-state index in [4.69, 9.17) is 28.7 Å². The zero-order chi connectivity index (χ0) is 43.2.